The lowest BCUT2D eigenvalue weighted by molar-refractivity contribution is 0.160. The standard InChI is InChI=1S/C14H20ClFN2O2/c1-3-10(19)7-8-17-14(20)18-9(2)13-11(15)5-4-6-12(13)16/h4-6,9-10,19H,3,7-8H2,1-2H3,(H2,17,18,20). The molecule has 0 radical (unpaired) electrons. The van der Waals surface area contributed by atoms with Gasteiger partial charge in [0.05, 0.1) is 12.1 Å². The maximum atomic E-state index is 13.7. The van der Waals surface area contributed by atoms with E-state index in [2.05, 4.69) is 10.6 Å². The molecule has 3 N–H and O–H groups in total. The van der Waals surface area contributed by atoms with Gasteiger partial charge in [0, 0.05) is 17.1 Å². The highest BCUT2D eigenvalue weighted by atomic mass is 35.5. The number of hydrogen-bond acceptors (Lipinski definition) is 2. The number of carbonyl (C=O) groups is 1. The predicted octanol–water partition coefficient (Wildman–Crippen LogP) is 3.00. The number of urea groups is 1. The zero-order valence-electron chi connectivity index (χ0n) is 11.6. The zero-order valence-corrected chi connectivity index (χ0v) is 12.4. The van der Waals surface area contributed by atoms with E-state index >= 15 is 0 Å². The van der Waals surface area contributed by atoms with Gasteiger partial charge in [0.15, 0.2) is 0 Å². The fraction of sp³-hybridized carbons (Fsp3) is 0.500. The molecule has 20 heavy (non-hydrogen) atoms. The third-order valence-corrected chi connectivity index (χ3v) is 3.34. The van der Waals surface area contributed by atoms with Crippen molar-refractivity contribution < 1.29 is 14.3 Å². The Balaban J connectivity index is 2.49. The van der Waals surface area contributed by atoms with Crippen LogP contribution >= 0.6 is 11.6 Å². The van der Waals surface area contributed by atoms with Crippen molar-refractivity contribution >= 4 is 17.6 Å². The molecule has 0 spiro atoms. The van der Waals surface area contributed by atoms with Crippen LogP contribution in [0.25, 0.3) is 0 Å². The van der Waals surface area contributed by atoms with Crippen LogP contribution in [0, 0.1) is 5.82 Å². The van der Waals surface area contributed by atoms with Gasteiger partial charge in [-0.1, -0.05) is 24.6 Å². The first-order valence-corrected chi connectivity index (χ1v) is 6.99. The molecule has 0 aliphatic rings. The molecule has 0 saturated carbocycles. The van der Waals surface area contributed by atoms with Crippen LogP contribution in [0.2, 0.25) is 5.02 Å². The van der Waals surface area contributed by atoms with Crippen molar-refractivity contribution in [2.75, 3.05) is 6.54 Å². The molecule has 0 bridgehead atoms. The summed E-state index contributed by atoms with van der Waals surface area (Å²) in [5.41, 5.74) is 0.262. The topological polar surface area (TPSA) is 61.4 Å². The molecule has 0 aromatic heterocycles. The van der Waals surface area contributed by atoms with Crippen LogP contribution < -0.4 is 10.6 Å². The number of aliphatic hydroxyl groups is 1. The van der Waals surface area contributed by atoms with Gasteiger partial charge in [0.2, 0.25) is 0 Å². The molecule has 1 rings (SSSR count). The highest BCUT2D eigenvalue weighted by Gasteiger charge is 2.16. The molecule has 0 heterocycles. The third-order valence-electron chi connectivity index (χ3n) is 3.01. The van der Waals surface area contributed by atoms with Crippen molar-refractivity contribution in [2.45, 2.75) is 38.8 Å². The quantitative estimate of drug-likeness (QED) is 0.756. The molecular formula is C14H20ClFN2O2. The highest BCUT2D eigenvalue weighted by molar-refractivity contribution is 6.31. The zero-order chi connectivity index (χ0) is 15.1. The van der Waals surface area contributed by atoms with Gasteiger partial charge in [-0.2, -0.15) is 0 Å². The third kappa shape index (κ3) is 4.98. The average Bonchev–Trinajstić information content (AvgIpc) is 2.38. The van der Waals surface area contributed by atoms with Crippen molar-refractivity contribution in [3.05, 3.63) is 34.6 Å². The second-order valence-corrected chi connectivity index (χ2v) is 5.02. The van der Waals surface area contributed by atoms with Gasteiger partial charge in [-0.3, -0.25) is 0 Å². The minimum atomic E-state index is -0.542. The minimum absolute atomic E-state index is 0.262. The van der Waals surface area contributed by atoms with Gasteiger partial charge in [-0.15, -0.1) is 0 Å². The number of halogens is 2. The van der Waals surface area contributed by atoms with Gasteiger partial charge in [-0.25, -0.2) is 9.18 Å². The maximum Gasteiger partial charge on any atom is 0.315 e. The lowest BCUT2D eigenvalue weighted by Crippen LogP contribution is -2.38. The lowest BCUT2D eigenvalue weighted by Gasteiger charge is -2.17. The average molecular weight is 303 g/mol. The molecule has 0 fully saturated rings. The van der Waals surface area contributed by atoms with E-state index in [1.807, 2.05) is 6.92 Å². The molecule has 2 unspecified atom stereocenters. The van der Waals surface area contributed by atoms with Crippen molar-refractivity contribution in [2.24, 2.45) is 0 Å². The van der Waals surface area contributed by atoms with Gasteiger partial charge >= 0.3 is 6.03 Å². The van der Waals surface area contributed by atoms with Crippen LogP contribution in [0.5, 0.6) is 0 Å². The summed E-state index contributed by atoms with van der Waals surface area (Å²) < 4.78 is 13.7. The number of aliphatic hydroxyl groups excluding tert-OH is 1. The SMILES string of the molecule is CCC(O)CCNC(=O)NC(C)c1c(F)cccc1Cl. The smallest absolute Gasteiger partial charge is 0.315 e. The van der Waals surface area contributed by atoms with Crippen LogP contribution in [0.1, 0.15) is 38.3 Å². The Labute approximate surface area is 123 Å². The number of carbonyl (C=O) groups excluding carboxylic acids is 1. The number of hydrogen-bond donors (Lipinski definition) is 3. The monoisotopic (exact) mass is 302 g/mol. The van der Waals surface area contributed by atoms with E-state index in [-0.39, 0.29) is 10.6 Å². The number of rotatable bonds is 6. The normalized spacial score (nSPS) is 13.7. The van der Waals surface area contributed by atoms with Crippen LogP contribution in [0.15, 0.2) is 18.2 Å². The Morgan fingerprint density at radius 1 is 1.50 bits per heavy atom. The molecule has 0 aliphatic heterocycles. The summed E-state index contributed by atoms with van der Waals surface area (Å²) in [6.45, 7) is 3.89. The largest absolute Gasteiger partial charge is 0.393 e. The molecule has 0 saturated heterocycles. The maximum absolute atomic E-state index is 13.7. The fourth-order valence-electron chi connectivity index (χ4n) is 1.80. The summed E-state index contributed by atoms with van der Waals surface area (Å²) >= 11 is 5.93. The van der Waals surface area contributed by atoms with Gasteiger partial charge in [0.25, 0.3) is 0 Å². The van der Waals surface area contributed by atoms with E-state index in [0.717, 1.165) is 0 Å². The first kappa shape index (κ1) is 16.7. The Hall–Kier alpha value is -1.33. The van der Waals surface area contributed by atoms with Crippen molar-refractivity contribution in [1.29, 1.82) is 0 Å². The van der Waals surface area contributed by atoms with Crippen LogP contribution in [-0.2, 0) is 0 Å². The predicted molar refractivity (Wildman–Crippen MR) is 77.3 cm³/mol. The second kappa shape index (κ2) is 8.07. The van der Waals surface area contributed by atoms with E-state index < -0.39 is 24.0 Å². The number of nitrogens with one attached hydrogen (secondary N) is 2. The van der Waals surface area contributed by atoms with Gasteiger partial charge in [0.1, 0.15) is 5.82 Å². The molecule has 2 atom stereocenters. The number of amides is 2. The van der Waals surface area contributed by atoms with E-state index in [9.17, 15) is 14.3 Å². The molecular weight excluding hydrogens is 283 g/mol. The summed E-state index contributed by atoms with van der Waals surface area (Å²) in [6.07, 6.45) is 0.706. The molecule has 0 aliphatic carbocycles. The Morgan fingerprint density at radius 3 is 2.80 bits per heavy atom. The van der Waals surface area contributed by atoms with Gasteiger partial charge in [-0.05, 0) is 31.9 Å². The minimum Gasteiger partial charge on any atom is -0.393 e. The molecule has 1 aromatic carbocycles. The van der Waals surface area contributed by atoms with E-state index in [1.165, 1.54) is 12.1 Å². The lowest BCUT2D eigenvalue weighted by atomic mass is 10.1. The Morgan fingerprint density at radius 2 is 2.20 bits per heavy atom. The van der Waals surface area contributed by atoms with Crippen LogP contribution in [-0.4, -0.2) is 23.8 Å². The Bertz CT molecular complexity index is 437. The summed E-state index contributed by atoms with van der Waals surface area (Å²) in [6, 6.07) is 3.43. The highest BCUT2D eigenvalue weighted by Crippen LogP contribution is 2.25. The second-order valence-electron chi connectivity index (χ2n) is 4.61. The summed E-state index contributed by atoms with van der Waals surface area (Å²) in [5, 5.41) is 14.9. The summed E-state index contributed by atoms with van der Waals surface area (Å²) in [7, 11) is 0. The molecule has 2 amide bonds. The van der Waals surface area contributed by atoms with Crippen LogP contribution in [0.4, 0.5) is 9.18 Å². The summed E-state index contributed by atoms with van der Waals surface area (Å²) in [5.74, 6) is -0.452. The van der Waals surface area contributed by atoms with E-state index in [0.29, 0.717) is 19.4 Å². The molecule has 112 valence electrons. The molecule has 4 nitrogen and oxygen atoms in total. The summed E-state index contributed by atoms with van der Waals surface area (Å²) in [4.78, 5) is 11.6. The molecule has 1 aromatic rings. The first-order valence-electron chi connectivity index (χ1n) is 6.62. The fourth-order valence-corrected chi connectivity index (χ4v) is 2.13. The van der Waals surface area contributed by atoms with E-state index in [1.54, 1.807) is 13.0 Å². The molecule has 6 heteroatoms. The van der Waals surface area contributed by atoms with Crippen molar-refractivity contribution in [3.8, 4) is 0 Å². The first-order chi connectivity index (χ1) is 9.45. The van der Waals surface area contributed by atoms with Crippen molar-refractivity contribution in [1.82, 2.24) is 10.6 Å². The number of benzene rings is 1. The van der Waals surface area contributed by atoms with E-state index in [4.69, 9.17) is 11.6 Å². The van der Waals surface area contributed by atoms with Crippen molar-refractivity contribution in [3.63, 3.8) is 0 Å². The van der Waals surface area contributed by atoms with Gasteiger partial charge < -0.3 is 15.7 Å². The Kier molecular flexibility index (Phi) is 6.75. The van der Waals surface area contributed by atoms with Crippen LogP contribution in [0.3, 0.4) is 0 Å².